The molecule has 0 aliphatic heterocycles. The number of benzene rings is 1. The Bertz CT molecular complexity index is 536. The van der Waals surface area contributed by atoms with Crippen LogP contribution in [0.2, 0.25) is 0 Å². The Kier molecular flexibility index (Phi) is 3.81. The summed E-state index contributed by atoms with van der Waals surface area (Å²) >= 11 is 4.96. The van der Waals surface area contributed by atoms with E-state index < -0.39 is 5.97 Å². The first-order chi connectivity index (χ1) is 8.15. The number of thiophene rings is 1. The van der Waals surface area contributed by atoms with E-state index >= 15 is 0 Å². The Morgan fingerprint density at radius 1 is 1.41 bits per heavy atom. The van der Waals surface area contributed by atoms with E-state index in [1.165, 1.54) is 12.1 Å². The lowest BCUT2D eigenvalue weighted by atomic mass is 10.2. The fourth-order valence-corrected chi connectivity index (χ4v) is 2.67. The van der Waals surface area contributed by atoms with Gasteiger partial charge in [-0.2, -0.15) is 0 Å². The summed E-state index contributed by atoms with van der Waals surface area (Å²) in [5.41, 5.74) is 0.231. The molecule has 0 fully saturated rings. The third-order valence-corrected chi connectivity index (χ3v) is 3.75. The van der Waals surface area contributed by atoms with Crippen LogP contribution in [0, 0.1) is 0 Å². The average Bonchev–Trinajstić information content (AvgIpc) is 2.73. The second kappa shape index (κ2) is 5.33. The van der Waals surface area contributed by atoms with Crippen LogP contribution in [-0.4, -0.2) is 11.1 Å². The molecule has 0 saturated heterocycles. The molecule has 3 nitrogen and oxygen atoms in total. The van der Waals surface area contributed by atoms with Crippen molar-refractivity contribution < 1.29 is 14.6 Å². The molecule has 17 heavy (non-hydrogen) atoms. The Labute approximate surface area is 111 Å². The SMILES string of the molecule is O=C(O)c1cccc(OCc2cc(Br)cs2)c1. The van der Waals surface area contributed by atoms with Crippen LogP contribution >= 0.6 is 27.3 Å². The highest BCUT2D eigenvalue weighted by Gasteiger charge is 2.04. The molecule has 1 heterocycles. The first-order valence-electron chi connectivity index (χ1n) is 4.84. The summed E-state index contributed by atoms with van der Waals surface area (Å²) in [6.07, 6.45) is 0. The van der Waals surface area contributed by atoms with E-state index in [0.29, 0.717) is 12.4 Å². The van der Waals surface area contributed by atoms with Crippen LogP contribution in [0.4, 0.5) is 0 Å². The maximum atomic E-state index is 10.8. The Balaban J connectivity index is 2.04. The standard InChI is InChI=1S/C12H9BrO3S/c13-9-5-11(17-7-9)6-16-10-3-1-2-8(4-10)12(14)15/h1-5,7H,6H2,(H,14,15). The van der Waals surface area contributed by atoms with Crippen LogP contribution in [0.25, 0.3) is 0 Å². The predicted octanol–water partition coefficient (Wildman–Crippen LogP) is 3.79. The van der Waals surface area contributed by atoms with Crippen LogP contribution < -0.4 is 4.74 Å². The molecule has 0 aliphatic rings. The van der Waals surface area contributed by atoms with Gasteiger partial charge < -0.3 is 9.84 Å². The number of carboxylic acids is 1. The molecule has 0 radical (unpaired) electrons. The highest BCUT2D eigenvalue weighted by molar-refractivity contribution is 9.10. The maximum absolute atomic E-state index is 10.8. The lowest BCUT2D eigenvalue weighted by Gasteiger charge is -2.04. The van der Waals surface area contributed by atoms with Crippen molar-refractivity contribution in [3.8, 4) is 5.75 Å². The van der Waals surface area contributed by atoms with Crippen molar-refractivity contribution in [2.24, 2.45) is 0 Å². The number of halogens is 1. The van der Waals surface area contributed by atoms with Crippen LogP contribution in [0.5, 0.6) is 5.75 Å². The second-order valence-corrected chi connectivity index (χ2v) is 5.26. The minimum atomic E-state index is -0.950. The molecule has 1 N–H and O–H groups in total. The van der Waals surface area contributed by atoms with Gasteiger partial charge in [-0.3, -0.25) is 0 Å². The third kappa shape index (κ3) is 3.31. The summed E-state index contributed by atoms with van der Waals surface area (Å²) in [5, 5.41) is 10.8. The summed E-state index contributed by atoms with van der Waals surface area (Å²) in [6, 6.07) is 8.45. The summed E-state index contributed by atoms with van der Waals surface area (Å²) in [5.74, 6) is -0.385. The fourth-order valence-electron chi connectivity index (χ4n) is 1.30. The number of hydrogen-bond donors (Lipinski definition) is 1. The number of rotatable bonds is 4. The fraction of sp³-hybridized carbons (Fsp3) is 0.0833. The molecule has 1 aromatic carbocycles. The molecule has 2 rings (SSSR count). The van der Waals surface area contributed by atoms with E-state index in [-0.39, 0.29) is 5.56 Å². The zero-order valence-electron chi connectivity index (χ0n) is 8.72. The van der Waals surface area contributed by atoms with Crippen molar-refractivity contribution in [3.05, 3.63) is 50.6 Å². The van der Waals surface area contributed by atoms with Crippen LogP contribution in [0.15, 0.2) is 40.2 Å². The molecule has 0 saturated carbocycles. The van der Waals surface area contributed by atoms with Gasteiger partial charge in [0, 0.05) is 14.7 Å². The zero-order valence-corrected chi connectivity index (χ0v) is 11.1. The highest BCUT2D eigenvalue weighted by Crippen LogP contribution is 2.22. The Morgan fingerprint density at radius 2 is 2.24 bits per heavy atom. The van der Waals surface area contributed by atoms with E-state index in [1.54, 1.807) is 23.5 Å². The lowest BCUT2D eigenvalue weighted by molar-refractivity contribution is 0.0696. The van der Waals surface area contributed by atoms with E-state index in [2.05, 4.69) is 15.9 Å². The normalized spacial score (nSPS) is 10.2. The van der Waals surface area contributed by atoms with Gasteiger partial charge in [0.1, 0.15) is 12.4 Å². The first-order valence-corrected chi connectivity index (χ1v) is 6.51. The smallest absolute Gasteiger partial charge is 0.335 e. The van der Waals surface area contributed by atoms with Crippen molar-refractivity contribution in [2.75, 3.05) is 0 Å². The van der Waals surface area contributed by atoms with Gasteiger partial charge in [0.15, 0.2) is 0 Å². The van der Waals surface area contributed by atoms with Gasteiger partial charge in [-0.05, 0) is 40.2 Å². The van der Waals surface area contributed by atoms with E-state index in [1.807, 2.05) is 11.4 Å². The van der Waals surface area contributed by atoms with Crippen molar-refractivity contribution in [2.45, 2.75) is 6.61 Å². The van der Waals surface area contributed by atoms with E-state index in [0.717, 1.165) is 9.35 Å². The third-order valence-electron chi connectivity index (χ3n) is 2.08. The average molecular weight is 313 g/mol. The number of carbonyl (C=O) groups is 1. The largest absolute Gasteiger partial charge is 0.488 e. The van der Waals surface area contributed by atoms with Gasteiger partial charge in [0.25, 0.3) is 0 Å². The number of carboxylic acid groups (broad SMARTS) is 1. The molecular formula is C12H9BrO3S. The van der Waals surface area contributed by atoms with Crippen LogP contribution in [-0.2, 0) is 6.61 Å². The van der Waals surface area contributed by atoms with Crippen molar-refractivity contribution in [3.63, 3.8) is 0 Å². The first kappa shape index (κ1) is 12.1. The van der Waals surface area contributed by atoms with Gasteiger partial charge >= 0.3 is 5.97 Å². The maximum Gasteiger partial charge on any atom is 0.335 e. The number of ether oxygens (including phenoxy) is 1. The molecule has 0 bridgehead atoms. The van der Waals surface area contributed by atoms with Gasteiger partial charge in [-0.15, -0.1) is 11.3 Å². The lowest BCUT2D eigenvalue weighted by Crippen LogP contribution is -1.98. The Morgan fingerprint density at radius 3 is 2.88 bits per heavy atom. The summed E-state index contributed by atoms with van der Waals surface area (Å²) in [7, 11) is 0. The molecule has 0 spiro atoms. The molecular weight excluding hydrogens is 304 g/mol. The van der Waals surface area contributed by atoms with Gasteiger partial charge in [-0.1, -0.05) is 6.07 Å². The highest BCUT2D eigenvalue weighted by atomic mass is 79.9. The zero-order chi connectivity index (χ0) is 12.3. The molecule has 0 aliphatic carbocycles. The molecule has 0 amide bonds. The number of hydrogen-bond acceptors (Lipinski definition) is 3. The van der Waals surface area contributed by atoms with Crippen molar-refractivity contribution >= 4 is 33.2 Å². The topological polar surface area (TPSA) is 46.5 Å². The minimum Gasteiger partial charge on any atom is -0.488 e. The van der Waals surface area contributed by atoms with Crippen LogP contribution in [0.1, 0.15) is 15.2 Å². The summed E-state index contributed by atoms with van der Waals surface area (Å²) in [4.78, 5) is 11.9. The minimum absolute atomic E-state index is 0.231. The summed E-state index contributed by atoms with van der Waals surface area (Å²) in [6.45, 7) is 0.444. The quantitative estimate of drug-likeness (QED) is 0.934. The molecule has 2 aromatic rings. The summed E-state index contributed by atoms with van der Waals surface area (Å²) < 4.78 is 6.55. The molecule has 5 heteroatoms. The van der Waals surface area contributed by atoms with Crippen molar-refractivity contribution in [1.29, 1.82) is 0 Å². The molecule has 88 valence electrons. The van der Waals surface area contributed by atoms with Crippen molar-refractivity contribution in [1.82, 2.24) is 0 Å². The van der Waals surface area contributed by atoms with Crippen LogP contribution in [0.3, 0.4) is 0 Å². The second-order valence-electron chi connectivity index (χ2n) is 3.35. The van der Waals surface area contributed by atoms with E-state index in [4.69, 9.17) is 9.84 Å². The van der Waals surface area contributed by atoms with Gasteiger partial charge in [-0.25, -0.2) is 4.79 Å². The van der Waals surface area contributed by atoms with E-state index in [9.17, 15) is 4.79 Å². The molecule has 0 unspecified atom stereocenters. The monoisotopic (exact) mass is 312 g/mol. The Hall–Kier alpha value is -1.33. The number of aromatic carboxylic acids is 1. The molecule has 1 aromatic heterocycles. The molecule has 0 atom stereocenters. The predicted molar refractivity (Wildman–Crippen MR) is 69.8 cm³/mol. The van der Waals surface area contributed by atoms with Gasteiger partial charge in [0.05, 0.1) is 5.56 Å². The van der Waals surface area contributed by atoms with Gasteiger partial charge in [0.2, 0.25) is 0 Å².